The van der Waals surface area contributed by atoms with E-state index in [1.165, 1.54) is 25.0 Å². The molecule has 1 atom stereocenters. The number of hydrogen-bond donors (Lipinski definition) is 1. The monoisotopic (exact) mass is 284 g/mol. The van der Waals surface area contributed by atoms with Crippen molar-refractivity contribution in [1.29, 1.82) is 0 Å². The first-order chi connectivity index (χ1) is 9.08. The molecule has 2 rings (SSSR count). The molecule has 106 valence electrons. The van der Waals surface area contributed by atoms with E-state index in [4.69, 9.17) is 11.6 Å². The fourth-order valence-electron chi connectivity index (χ4n) is 2.79. The molecule has 1 heterocycles. The number of likely N-dealkylation sites (tertiary alicyclic amines) is 1. The Morgan fingerprint density at radius 3 is 2.63 bits per heavy atom. The summed E-state index contributed by atoms with van der Waals surface area (Å²) >= 11 is 5.87. The first-order valence-electron chi connectivity index (χ1n) is 7.03. The minimum atomic E-state index is -0.289. The van der Waals surface area contributed by atoms with E-state index in [-0.39, 0.29) is 5.82 Å². The van der Waals surface area contributed by atoms with Crippen LogP contribution in [0.1, 0.15) is 26.7 Å². The lowest BCUT2D eigenvalue weighted by Gasteiger charge is -2.34. The van der Waals surface area contributed by atoms with Gasteiger partial charge in [0.1, 0.15) is 5.82 Å². The number of hydrogen-bond acceptors (Lipinski definition) is 2. The molecule has 0 amide bonds. The summed E-state index contributed by atoms with van der Waals surface area (Å²) in [6.45, 7) is 7.84. The maximum atomic E-state index is 13.3. The lowest BCUT2D eigenvalue weighted by atomic mass is 9.90. The van der Waals surface area contributed by atoms with E-state index in [0.717, 1.165) is 25.3 Å². The number of benzene rings is 1. The van der Waals surface area contributed by atoms with Gasteiger partial charge in [0.15, 0.2) is 0 Å². The fraction of sp³-hybridized carbons (Fsp3) is 0.600. The van der Waals surface area contributed by atoms with Crippen molar-refractivity contribution in [1.82, 2.24) is 4.90 Å². The highest BCUT2D eigenvalue weighted by molar-refractivity contribution is 6.30. The van der Waals surface area contributed by atoms with Crippen LogP contribution in [0.2, 0.25) is 5.02 Å². The molecule has 19 heavy (non-hydrogen) atoms. The van der Waals surface area contributed by atoms with Crippen LogP contribution in [0.4, 0.5) is 10.1 Å². The SMILES string of the molecule is CCN1CCC(C(C)Nc2cc(F)cc(Cl)c2)CC1. The average Bonchev–Trinajstić information content (AvgIpc) is 2.37. The summed E-state index contributed by atoms with van der Waals surface area (Å²) in [6, 6.07) is 4.96. The second-order valence-corrected chi connectivity index (χ2v) is 5.80. The van der Waals surface area contributed by atoms with Gasteiger partial charge < -0.3 is 10.2 Å². The van der Waals surface area contributed by atoms with Crippen molar-refractivity contribution in [2.24, 2.45) is 5.92 Å². The molecule has 0 bridgehead atoms. The van der Waals surface area contributed by atoms with E-state index in [2.05, 4.69) is 24.1 Å². The molecule has 1 saturated heterocycles. The molecule has 1 aromatic rings. The number of anilines is 1. The molecule has 1 aliphatic heterocycles. The summed E-state index contributed by atoms with van der Waals surface area (Å²) in [6.07, 6.45) is 2.40. The molecule has 0 aliphatic carbocycles. The molecule has 2 nitrogen and oxygen atoms in total. The summed E-state index contributed by atoms with van der Waals surface area (Å²) in [5.74, 6) is 0.354. The lowest BCUT2D eigenvalue weighted by molar-refractivity contribution is 0.183. The van der Waals surface area contributed by atoms with Gasteiger partial charge in [0.05, 0.1) is 0 Å². The second-order valence-electron chi connectivity index (χ2n) is 5.36. The van der Waals surface area contributed by atoms with E-state index < -0.39 is 0 Å². The third kappa shape index (κ3) is 4.08. The molecule has 1 aromatic carbocycles. The zero-order valence-electron chi connectivity index (χ0n) is 11.6. The van der Waals surface area contributed by atoms with Gasteiger partial charge in [0, 0.05) is 16.8 Å². The topological polar surface area (TPSA) is 15.3 Å². The van der Waals surface area contributed by atoms with Crippen LogP contribution in [-0.2, 0) is 0 Å². The molecule has 0 aromatic heterocycles. The van der Waals surface area contributed by atoms with Crippen LogP contribution in [0.3, 0.4) is 0 Å². The Hall–Kier alpha value is -0.800. The number of nitrogens with zero attached hydrogens (tertiary/aromatic N) is 1. The smallest absolute Gasteiger partial charge is 0.126 e. The minimum absolute atomic E-state index is 0.289. The Kier molecular flexibility index (Phi) is 5.06. The largest absolute Gasteiger partial charge is 0.382 e. The highest BCUT2D eigenvalue weighted by Gasteiger charge is 2.23. The summed E-state index contributed by atoms with van der Waals surface area (Å²) < 4.78 is 13.3. The molecule has 0 spiro atoms. The van der Waals surface area contributed by atoms with Crippen molar-refractivity contribution in [3.63, 3.8) is 0 Å². The molecular weight excluding hydrogens is 263 g/mol. The first-order valence-corrected chi connectivity index (χ1v) is 7.41. The Bertz CT molecular complexity index is 396. The molecule has 1 N–H and O–H groups in total. The summed E-state index contributed by atoms with van der Waals surface area (Å²) in [5.41, 5.74) is 0.774. The van der Waals surface area contributed by atoms with Gasteiger partial charge in [-0.1, -0.05) is 18.5 Å². The van der Waals surface area contributed by atoms with E-state index in [0.29, 0.717) is 17.0 Å². The second kappa shape index (κ2) is 6.58. The van der Waals surface area contributed by atoms with Gasteiger partial charge in [-0.15, -0.1) is 0 Å². The van der Waals surface area contributed by atoms with E-state index in [9.17, 15) is 4.39 Å². The predicted molar refractivity (Wildman–Crippen MR) is 79.3 cm³/mol. The highest BCUT2D eigenvalue weighted by Crippen LogP contribution is 2.25. The van der Waals surface area contributed by atoms with Crippen molar-refractivity contribution >= 4 is 17.3 Å². The highest BCUT2D eigenvalue weighted by atomic mass is 35.5. The van der Waals surface area contributed by atoms with Crippen LogP contribution >= 0.6 is 11.6 Å². The predicted octanol–water partition coefficient (Wildman–Crippen LogP) is 4.01. The van der Waals surface area contributed by atoms with Crippen molar-refractivity contribution in [3.05, 3.63) is 29.0 Å². The van der Waals surface area contributed by atoms with Crippen molar-refractivity contribution in [2.45, 2.75) is 32.7 Å². The maximum absolute atomic E-state index is 13.3. The Morgan fingerprint density at radius 1 is 1.37 bits per heavy atom. The lowest BCUT2D eigenvalue weighted by Crippen LogP contribution is -2.39. The molecule has 0 radical (unpaired) electrons. The zero-order chi connectivity index (χ0) is 13.8. The van der Waals surface area contributed by atoms with Crippen LogP contribution in [0.5, 0.6) is 0 Å². The molecule has 1 aliphatic rings. The third-order valence-corrected chi connectivity index (χ3v) is 4.26. The van der Waals surface area contributed by atoms with Crippen LogP contribution in [-0.4, -0.2) is 30.6 Å². The normalized spacial score (nSPS) is 19.4. The van der Waals surface area contributed by atoms with E-state index >= 15 is 0 Å². The maximum Gasteiger partial charge on any atom is 0.126 e. The number of halogens is 2. The molecule has 1 unspecified atom stereocenters. The van der Waals surface area contributed by atoms with Gasteiger partial charge in [-0.3, -0.25) is 0 Å². The van der Waals surface area contributed by atoms with Gasteiger partial charge in [0.2, 0.25) is 0 Å². The molecular formula is C15H22ClFN2. The van der Waals surface area contributed by atoms with Gasteiger partial charge in [-0.2, -0.15) is 0 Å². The Morgan fingerprint density at radius 2 is 2.05 bits per heavy atom. The number of nitrogens with one attached hydrogen (secondary N) is 1. The zero-order valence-corrected chi connectivity index (χ0v) is 12.4. The number of rotatable bonds is 4. The Balaban J connectivity index is 1.92. The van der Waals surface area contributed by atoms with Gasteiger partial charge >= 0.3 is 0 Å². The van der Waals surface area contributed by atoms with Crippen LogP contribution < -0.4 is 5.32 Å². The van der Waals surface area contributed by atoms with Crippen LogP contribution in [0.25, 0.3) is 0 Å². The van der Waals surface area contributed by atoms with Crippen LogP contribution in [0.15, 0.2) is 18.2 Å². The summed E-state index contributed by atoms with van der Waals surface area (Å²) in [7, 11) is 0. The van der Waals surface area contributed by atoms with Crippen molar-refractivity contribution in [2.75, 3.05) is 25.0 Å². The number of piperidine rings is 1. The van der Waals surface area contributed by atoms with Crippen molar-refractivity contribution in [3.8, 4) is 0 Å². The molecule has 0 saturated carbocycles. The van der Waals surface area contributed by atoms with E-state index in [1.807, 2.05) is 0 Å². The van der Waals surface area contributed by atoms with E-state index in [1.54, 1.807) is 6.07 Å². The first kappa shape index (κ1) is 14.6. The standard InChI is InChI=1S/C15H22ClFN2/c1-3-19-6-4-12(5-7-19)11(2)18-15-9-13(16)8-14(17)10-15/h8-12,18H,3-7H2,1-2H3. The van der Waals surface area contributed by atoms with Crippen molar-refractivity contribution < 1.29 is 4.39 Å². The minimum Gasteiger partial charge on any atom is -0.382 e. The summed E-state index contributed by atoms with van der Waals surface area (Å²) in [5, 5.41) is 3.82. The fourth-order valence-corrected chi connectivity index (χ4v) is 3.01. The third-order valence-electron chi connectivity index (χ3n) is 4.04. The molecule has 4 heteroatoms. The Labute approximate surface area is 119 Å². The summed E-state index contributed by atoms with van der Waals surface area (Å²) in [4.78, 5) is 2.47. The van der Waals surface area contributed by atoms with Gasteiger partial charge in [-0.05, 0) is 63.5 Å². The van der Waals surface area contributed by atoms with Crippen LogP contribution in [0, 0.1) is 11.7 Å². The average molecular weight is 285 g/mol. The van der Waals surface area contributed by atoms with Gasteiger partial charge in [-0.25, -0.2) is 4.39 Å². The van der Waals surface area contributed by atoms with Gasteiger partial charge in [0.25, 0.3) is 0 Å². The quantitative estimate of drug-likeness (QED) is 0.899. The molecule has 1 fully saturated rings.